The number of nitrogens with zero attached hydrogens (tertiary/aromatic N) is 1. The fourth-order valence-electron chi connectivity index (χ4n) is 2.75. The summed E-state index contributed by atoms with van der Waals surface area (Å²) in [6, 6.07) is 4.14. The van der Waals surface area contributed by atoms with Crippen LogP contribution in [0.3, 0.4) is 0 Å². The Kier molecular flexibility index (Phi) is 6.27. The van der Waals surface area contributed by atoms with E-state index in [4.69, 9.17) is 4.74 Å². The van der Waals surface area contributed by atoms with Gasteiger partial charge in [0.1, 0.15) is 0 Å². The van der Waals surface area contributed by atoms with E-state index < -0.39 is 24.4 Å². The molecule has 1 aromatic rings. The van der Waals surface area contributed by atoms with Crippen molar-refractivity contribution in [3.8, 4) is 0 Å². The van der Waals surface area contributed by atoms with E-state index in [2.05, 4.69) is 11.9 Å². The first-order chi connectivity index (χ1) is 12.4. The van der Waals surface area contributed by atoms with Crippen molar-refractivity contribution in [3.05, 3.63) is 47.5 Å². The van der Waals surface area contributed by atoms with Gasteiger partial charge < -0.3 is 10.1 Å². The van der Waals surface area contributed by atoms with E-state index in [1.807, 2.05) is 13.8 Å². The van der Waals surface area contributed by atoms with Crippen molar-refractivity contribution < 1.29 is 23.9 Å². The highest BCUT2D eigenvalue weighted by molar-refractivity contribution is 6.22. The van der Waals surface area contributed by atoms with Gasteiger partial charge in [-0.15, -0.1) is 6.58 Å². The maximum Gasteiger partial charge on any atom is 0.338 e. The van der Waals surface area contributed by atoms with Crippen LogP contribution < -0.4 is 5.32 Å². The summed E-state index contributed by atoms with van der Waals surface area (Å²) in [5.74, 6) is -2.02. The molecule has 0 saturated heterocycles. The summed E-state index contributed by atoms with van der Waals surface area (Å²) in [5.41, 5.74) is 0.492. The zero-order valence-corrected chi connectivity index (χ0v) is 14.9. The van der Waals surface area contributed by atoms with Crippen molar-refractivity contribution in [2.75, 3.05) is 13.2 Å². The van der Waals surface area contributed by atoms with Gasteiger partial charge in [0, 0.05) is 12.6 Å². The molecule has 1 aliphatic rings. The maximum absolute atomic E-state index is 12.3. The maximum atomic E-state index is 12.3. The second-order valence-electron chi connectivity index (χ2n) is 6.10. The number of rotatable bonds is 8. The molecule has 3 amide bonds. The summed E-state index contributed by atoms with van der Waals surface area (Å²) < 4.78 is 4.99. The van der Waals surface area contributed by atoms with E-state index in [-0.39, 0.29) is 35.2 Å². The summed E-state index contributed by atoms with van der Waals surface area (Å²) in [4.78, 5) is 49.3. The van der Waals surface area contributed by atoms with Crippen molar-refractivity contribution >= 4 is 23.7 Å². The van der Waals surface area contributed by atoms with Crippen LogP contribution in [0.4, 0.5) is 0 Å². The predicted octanol–water partition coefficient (Wildman–Crippen LogP) is 1.93. The van der Waals surface area contributed by atoms with Crippen molar-refractivity contribution in [2.24, 2.45) is 0 Å². The van der Waals surface area contributed by atoms with Crippen LogP contribution in [0.25, 0.3) is 0 Å². The van der Waals surface area contributed by atoms with Crippen molar-refractivity contribution in [1.82, 2.24) is 10.2 Å². The lowest BCUT2D eigenvalue weighted by molar-refractivity contribution is -0.124. The number of esters is 1. The minimum Gasteiger partial charge on any atom is -0.452 e. The van der Waals surface area contributed by atoms with Crippen LogP contribution in [0.1, 0.15) is 57.8 Å². The first-order valence-electron chi connectivity index (χ1n) is 8.46. The molecule has 138 valence electrons. The van der Waals surface area contributed by atoms with Crippen molar-refractivity contribution in [2.45, 2.75) is 32.7 Å². The first-order valence-corrected chi connectivity index (χ1v) is 8.46. The number of carbonyl (C=O) groups excluding carboxylic acids is 4. The second-order valence-corrected chi connectivity index (χ2v) is 6.10. The van der Waals surface area contributed by atoms with Gasteiger partial charge in [-0.25, -0.2) is 4.79 Å². The van der Waals surface area contributed by atoms with Gasteiger partial charge in [0.25, 0.3) is 17.7 Å². The van der Waals surface area contributed by atoms with Gasteiger partial charge in [0.05, 0.1) is 16.7 Å². The van der Waals surface area contributed by atoms with Gasteiger partial charge >= 0.3 is 5.97 Å². The molecule has 7 heteroatoms. The van der Waals surface area contributed by atoms with E-state index in [0.717, 1.165) is 17.7 Å². The average molecular weight is 358 g/mol. The van der Waals surface area contributed by atoms with Gasteiger partial charge in [-0.05, 0) is 31.5 Å². The summed E-state index contributed by atoms with van der Waals surface area (Å²) >= 11 is 0. The molecule has 2 rings (SSSR count). The monoisotopic (exact) mass is 358 g/mol. The number of hydrogen-bond acceptors (Lipinski definition) is 5. The molecule has 26 heavy (non-hydrogen) atoms. The molecule has 7 nitrogen and oxygen atoms in total. The number of imide groups is 1. The number of fused-ring (bicyclic) bond motifs is 1. The van der Waals surface area contributed by atoms with E-state index >= 15 is 0 Å². The molecule has 1 aliphatic heterocycles. The highest BCUT2D eigenvalue weighted by Crippen LogP contribution is 2.24. The number of hydrogen-bond donors (Lipinski definition) is 1. The van der Waals surface area contributed by atoms with Crippen LogP contribution in [0.15, 0.2) is 30.9 Å². The third kappa shape index (κ3) is 4.17. The molecule has 0 fully saturated rings. The van der Waals surface area contributed by atoms with Crippen molar-refractivity contribution in [3.63, 3.8) is 0 Å². The molecule has 0 aromatic heterocycles. The summed E-state index contributed by atoms with van der Waals surface area (Å²) in [7, 11) is 0. The molecule has 1 atom stereocenters. The second kappa shape index (κ2) is 8.42. The Balaban J connectivity index is 2.02. The highest BCUT2D eigenvalue weighted by atomic mass is 16.5. The molecule has 0 aliphatic carbocycles. The van der Waals surface area contributed by atoms with Gasteiger partial charge in [-0.3, -0.25) is 19.3 Å². The lowest BCUT2D eigenvalue weighted by Crippen LogP contribution is -2.35. The van der Waals surface area contributed by atoms with Crippen LogP contribution in [0, 0.1) is 0 Å². The minimum atomic E-state index is -0.728. The molecule has 1 aromatic carbocycles. The van der Waals surface area contributed by atoms with E-state index in [1.54, 1.807) is 0 Å². The van der Waals surface area contributed by atoms with E-state index in [1.165, 1.54) is 24.3 Å². The molecule has 0 unspecified atom stereocenters. The van der Waals surface area contributed by atoms with E-state index in [0.29, 0.717) is 0 Å². The smallest absolute Gasteiger partial charge is 0.338 e. The van der Waals surface area contributed by atoms with Crippen LogP contribution in [-0.2, 0) is 9.53 Å². The number of ether oxygens (including phenoxy) is 1. The fourth-order valence-corrected chi connectivity index (χ4v) is 2.75. The topological polar surface area (TPSA) is 92.8 Å². The summed E-state index contributed by atoms with van der Waals surface area (Å²) in [5, 5.41) is 2.73. The third-order valence-electron chi connectivity index (χ3n) is 3.98. The summed E-state index contributed by atoms with van der Waals surface area (Å²) in [6.07, 6.45) is 3.23. The largest absolute Gasteiger partial charge is 0.452 e. The minimum absolute atomic E-state index is 0.00525. The van der Waals surface area contributed by atoms with Gasteiger partial charge in [0.2, 0.25) is 0 Å². The Morgan fingerprint density at radius 2 is 1.96 bits per heavy atom. The van der Waals surface area contributed by atoms with Crippen LogP contribution >= 0.6 is 0 Å². The van der Waals surface area contributed by atoms with Crippen LogP contribution in [0.2, 0.25) is 0 Å². The molecule has 0 bridgehead atoms. The Bertz CT molecular complexity index is 756. The normalized spacial score (nSPS) is 14.0. The number of amides is 3. The predicted molar refractivity (Wildman–Crippen MR) is 94.8 cm³/mol. The Labute approximate surface area is 152 Å². The average Bonchev–Trinajstić information content (AvgIpc) is 2.84. The first kappa shape index (κ1) is 19.4. The number of carbonyl (C=O) groups is 4. The molecular weight excluding hydrogens is 336 g/mol. The number of nitrogens with one attached hydrogen (secondary N) is 1. The molecule has 1 heterocycles. The quantitative estimate of drug-likeness (QED) is 0.435. The standard InChI is InChI=1S/C19H22N2O5/c1-4-6-12(3)20-16(22)11-26-19(25)13-7-8-14-15(10-13)18(24)21(9-5-2)17(14)23/h5,7-8,10,12H,2,4,6,9,11H2,1,3H3,(H,20,22)/t12-/m1/s1. The van der Waals surface area contributed by atoms with Gasteiger partial charge in [-0.2, -0.15) is 0 Å². The zero-order valence-electron chi connectivity index (χ0n) is 14.9. The third-order valence-corrected chi connectivity index (χ3v) is 3.98. The molecule has 1 N–H and O–H groups in total. The Hall–Kier alpha value is -2.96. The molecule has 0 spiro atoms. The summed E-state index contributed by atoms with van der Waals surface area (Å²) in [6.45, 7) is 7.10. The molecule has 0 radical (unpaired) electrons. The SMILES string of the molecule is C=CCN1C(=O)c2ccc(C(=O)OCC(=O)N[C@H](C)CCC)cc2C1=O. The fraction of sp³-hybridized carbons (Fsp3) is 0.368. The van der Waals surface area contributed by atoms with Crippen molar-refractivity contribution in [1.29, 1.82) is 0 Å². The Morgan fingerprint density at radius 1 is 1.27 bits per heavy atom. The highest BCUT2D eigenvalue weighted by Gasteiger charge is 2.35. The zero-order chi connectivity index (χ0) is 19.3. The van der Waals surface area contributed by atoms with Gasteiger partial charge in [-0.1, -0.05) is 19.4 Å². The van der Waals surface area contributed by atoms with Gasteiger partial charge in [0.15, 0.2) is 6.61 Å². The molecule has 0 saturated carbocycles. The lowest BCUT2D eigenvalue weighted by Gasteiger charge is -2.12. The van der Waals surface area contributed by atoms with E-state index in [9.17, 15) is 19.2 Å². The number of benzene rings is 1. The van der Waals surface area contributed by atoms with Crippen LogP contribution in [0.5, 0.6) is 0 Å². The lowest BCUT2D eigenvalue weighted by atomic mass is 10.1. The molecular formula is C19H22N2O5. The van der Waals surface area contributed by atoms with Crippen LogP contribution in [-0.4, -0.2) is 47.8 Å². The Morgan fingerprint density at radius 3 is 2.62 bits per heavy atom.